The fourth-order valence-corrected chi connectivity index (χ4v) is 0.989. The van der Waals surface area contributed by atoms with Gasteiger partial charge in [-0.1, -0.05) is 13.8 Å². The fourth-order valence-electron chi connectivity index (χ4n) is 0.989. The third-order valence-corrected chi connectivity index (χ3v) is 1.86. The molecule has 0 N–H and O–H groups in total. The Balaban J connectivity index is 2.69. The van der Waals surface area contributed by atoms with E-state index < -0.39 is 0 Å². The van der Waals surface area contributed by atoms with E-state index in [1.54, 1.807) is 0 Å². The number of hydrogen-bond acceptors (Lipinski definition) is 3. The molecule has 0 aliphatic rings. The second kappa shape index (κ2) is 4.12. The molecule has 1 rings (SSSR count). The van der Waals surface area contributed by atoms with Crippen molar-refractivity contribution in [2.24, 2.45) is 5.92 Å². The third-order valence-electron chi connectivity index (χ3n) is 1.86. The van der Waals surface area contributed by atoms with Crippen molar-refractivity contribution in [1.29, 1.82) is 0 Å². The SMILES string of the molecule is Cc1cc(CC(=O)C(C)C)ncn1. The van der Waals surface area contributed by atoms with Crippen molar-refractivity contribution in [2.45, 2.75) is 27.2 Å². The van der Waals surface area contributed by atoms with E-state index in [0.29, 0.717) is 6.42 Å². The molecular weight excluding hydrogens is 164 g/mol. The minimum atomic E-state index is 0.0790. The number of ketones is 1. The van der Waals surface area contributed by atoms with Gasteiger partial charge in [0.05, 0.1) is 5.69 Å². The molecule has 0 unspecified atom stereocenters. The second-order valence-corrected chi connectivity index (χ2v) is 3.45. The third kappa shape index (κ3) is 2.93. The first-order chi connectivity index (χ1) is 6.09. The molecule has 0 saturated carbocycles. The summed E-state index contributed by atoms with van der Waals surface area (Å²) in [6.45, 7) is 5.69. The van der Waals surface area contributed by atoms with Crippen LogP contribution in [0, 0.1) is 12.8 Å². The first-order valence-corrected chi connectivity index (χ1v) is 4.40. The number of nitrogens with zero attached hydrogens (tertiary/aromatic N) is 2. The first kappa shape index (κ1) is 9.84. The maximum absolute atomic E-state index is 11.4. The minimum absolute atomic E-state index is 0.0790. The molecule has 0 saturated heterocycles. The zero-order chi connectivity index (χ0) is 9.84. The van der Waals surface area contributed by atoms with E-state index in [0.717, 1.165) is 11.4 Å². The van der Waals surface area contributed by atoms with Crippen LogP contribution < -0.4 is 0 Å². The van der Waals surface area contributed by atoms with Crippen molar-refractivity contribution in [3.05, 3.63) is 23.8 Å². The molecule has 0 bridgehead atoms. The van der Waals surface area contributed by atoms with Gasteiger partial charge in [0.2, 0.25) is 0 Å². The predicted molar refractivity (Wildman–Crippen MR) is 50.3 cm³/mol. The Kier molecular flexibility index (Phi) is 3.12. The molecule has 3 heteroatoms. The number of aryl methyl sites for hydroxylation is 1. The Morgan fingerprint density at radius 3 is 2.69 bits per heavy atom. The van der Waals surface area contributed by atoms with Gasteiger partial charge in [-0.3, -0.25) is 4.79 Å². The molecule has 0 amide bonds. The molecule has 0 fully saturated rings. The number of carbonyl (C=O) groups excluding carboxylic acids is 1. The van der Waals surface area contributed by atoms with Gasteiger partial charge in [0.25, 0.3) is 0 Å². The maximum Gasteiger partial charge on any atom is 0.141 e. The predicted octanol–water partition coefficient (Wildman–Crippen LogP) is 1.55. The van der Waals surface area contributed by atoms with Crippen LogP contribution in [0.25, 0.3) is 0 Å². The highest BCUT2D eigenvalue weighted by Crippen LogP contribution is 2.03. The van der Waals surface area contributed by atoms with Crippen LogP contribution in [-0.4, -0.2) is 15.8 Å². The standard InChI is InChI=1S/C10H14N2O/c1-7(2)10(13)5-9-4-8(3)11-6-12-9/h4,6-7H,5H2,1-3H3. The van der Waals surface area contributed by atoms with Crippen molar-refractivity contribution in [3.63, 3.8) is 0 Å². The summed E-state index contributed by atoms with van der Waals surface area (Å²) in [4.78, 5) is 19.4. The van der Waals surface area contributed by atoms with E-state index in [9.17, 15) is 4.79 Å². The lowest BCUT2D eigenvalue weighted by Crippen LogP contribution is -2.11. The highest BCUT2D eigenvalue weighted by atomic mass is 16.1. The lowest BCUT2D eigenvalue weighted by atomic mass is 10.0. The van der Waals surface area contributed by atoms with Crippen LogP contribution in [0.3, 0.4) is 0 Å². The Hall–Kier alpha value is -1.25. The van der Waals surface area contributed by atoms with Gasteiger partial charge in [-0.05, 0) is 13.0 Å². The van der Waals surface area contributed by atoms with Crippen LogP contribution in [0.15, 0.2) is 12.4 Å². The average Bonchev–Trinajstić information content (AvgIpc) is 2.04. The Morgan fingerprint density at radius 1 is 1.46 bits per heavy atom. The molecule has 0 atom stereocenters. The van der Waals surface area contributed by atoms with Crippen molar-refractivity contribution >= 4 is 5.78 Å². The first-order valence-electron chi connectivity index (χ1n) is 4.40. The lowest BCUT2D eigenvalue weighted by Gasteiger charge is -2.03. The molecule has 1 heterocycles. The zero-order valence-electron chi connectivity index (χ0n) is 8.24. The summed E-state index contributed by atoms with van der Waals surface area (Å²) in [5, 5.41) is 0. The molecule has 0 aliphatic heterocycles. The molecule has 0 aliphatic carbocycles. The summed E-state index contributed by atoms with van der Waals surface area (Å²) in [6.07, 6.45) is 1.92. The van der Waals surface area contributed by atoms with Crippen LogP contribution in [0.4, 0.5) is 0 Å². The fraction of sp³-hybridized carbons (Fsp3) is 0.500. The Labute approximate surface area is 78.2 Å². The van der Waals surface area contributed by atoms with Crippen LogP contribution >= 0.6 is 0 Å². The van der Waals surface area contributed by atoms with Gasteiger partial charge >= 0.3 is 0 Å². The summed E-state index contributed by atoms with van der Waals surface area (Å²) in [6, 6.07) is 1.85. The van der Waals surface area contributed by atoms with Gasteiger partial charge in [-0.25, -0.2) is 9.97 Å². The van der Waals surface area contributed by atoms with Crippen LogP contribution in [0.5, 0.6) is 0 Å². The summed E-state index contributed by atoms with van der Waals surface area (Å²) in [7, 11) is 0. The van der Waals surface area contributed by atoms with E-state index in [1.807, 2.05) is 26.8 Å². The summed E-state index contributed by atoms with van der Waals surface area (Å²) >= 11 is 0. The zero-order valence-corrected chi connectivity index (χ0v) is 8.24. The molecule has 0 radical (unpaired) electrons. The van der Waals surface area contributed by atoms with Gasteiger partial charge in [0.1, 0.15) is 12.1 Å². The molecule has 1 aromatic rings. The number of carbonyl (C=O) groups is 1. The van der Waals surface area contributed by atoms with E-state index >= 15 is 0 Å². The van der Waals surface area contributed by atoms with Crippen LogP contribution in [-0.2, 0) is 11.2 Å². The number of rotatable bonds is 3. The molecule has 70 valence electrons. The molecule has 0 spiro atoms. The Morgan fingerprint density at radius 2 is 2.15 bits per heavy atom. The van der Waals surface area contributed by atoms with Crippen LogP contribution in [0.1, 0.15) is 25.2 Å². The van der Waals surface area contributed by atoms with Gasteiger partial charge in [0, 0.05) is 18.0 Å². The summed E-state index contributed by atoms with van der Waals surface area (Å²) < 4.78 is 0. The topological polar surface area (TPSA) is 42.9 Å². The van der Waals surface area contributed by atoms with Crippen molar-refractivity contribution in [2.75, 3.05) is 0 Å². The lowest BCUT2D eigenvalue weighted by molar-refractivity contribution is -0.121. The smallest absolute Gasteiger partial charge is 0.141 e. The quantitative estimate of drug-likeness (QED) is 0.705. The van der Waals surface area contributed by atoms with E-state index in [2.05, 4.69) is 9.97 Å². The van der Waals surface area contributed by atoms with Crippen LogP contribution in [0.2, 0.25) is 0 Å². The molecule has 13 heavy (non-hydrogen) atoms. The molecule has 1 aromatic heterocycles. The highest BCUT2D eigenvalue weighted by molar-refractivity contribution is 5.82. The normalized spacial score (nSPS) is 10.5. The summed E-state index contributed by atoms with van der Waals surface area (Å²) in [5.41, 5.74) is 1.72. The number of Topliss-reactive ketones (excluding diaryl/α,β-unsaturated/α-hetero) is 1. The van der Waals surface area contributed by atoms with Gasteiger partial charge in [-0.15, -0.1) is 0 Å². The van der Waals surface area contributed by atoms with Gasteiger partial charge < -0.3 is 0 Å². The molecule has 3 nitrogen and oxygen atoms in total. The van der Waals surface area contributed by atoms with E-state index in [-0.39, 0.29) is 11.7 Å². The molecular formula is C10H14N2O. The largest absolute Gasteiger partial charge is 0.299 e. The van der Waals surface area contributed by atoms with Crippen molar-refractivity contribution in [1.82, 2.24) is 9.97 Å². The van der Waals surface area contributed by atoms with E-state index in [4.69, 9.17) is 0 Å². The molecule has 0 aromatic carbocycles. The minimum Gasteiger partial charge on any atom is -0.299 e. The van der Waals surface area contributed by atoms with Gasteiger partial charge in [0.15, 0.2) is 0 Å². The number of aromatic nitrogens is 2. The second-order valence-electron chi connectivity index (χ2n) is 3.45. The van der Waals surface area contributed by atoms with Crippen molar-refractivity contribution < 1.29 is 4.79 Å². The number of hydrogen-bond donors (Lipinski definition) is 0. The highest BCUT2D eigenvalue weighted by Gasteiger charge is 2.08. The van der Waals surface area contributed by atoms with E-state index in [1.165, 1.54) is 6.33 Å². The average molecular weight is 178 g/mol. The monoisotopic (exact) mass is 178 g/mol. The van der Waals surface area contributed by atoms with Gasteiger partial charge in [-0.2, -0.15) is 0 Å². The maximum atomic E-state index is 11.4. The summed E-state index contributed by atoms with van der Waals surface area (Å²) in [5.74, 6) is 0.299. The van der Waals surface area contributed by atoms with Crippen molar-refractivity contribution in [3.8, 4) is 0 Å². The Bertz CT molecular complexity index is 308.